The first kappa shape index (κ1) is 27.1. The van der Waals surface area contributed by atoms with Crippen LogP contribution >= 0.6 is 0 Å². The highest BCUT2D eigenvalue weighted by molar-refractivity contribution is 7.89. The molecule has 1 heterocycles. The van der Waals surface area contributed by atoms with Crippen molar-refractivity contribution in [1.82, 2.24) is 9.21 Å². The maximum absolute atomic E-state index is 13.2. The average molecular weight is 525 g/mol. The fraction of sp³-hybridized carbons (Fsp3) is 0.250. The quantitative estimate of drug-likeness (QED) is 0.502. The van der Waals surface area contributed by atoms with Gasteiger partial charge in [-0.1, -0.05) is 48.5 Å². The molecule has 0 bridgehead atoms. The van der Waals surface area contributed by atoms with Crippen LogP contribution in [0.4, 0.5) is 13.2 Å². The van der Waals surface area contributed by atoms with Crippen molar-refractivity contribution in [2.24, 2.45) is 0 Å². The second-order valence-corrected chi connectivity index (χ2v) is 9.89. The van der Waals surface area contributed by atoms with Crippen molar-refractivity contribution in [3.05, 3.63) is 77.9 Å². The lowest BCUT2D eigenvalue weighted by Gasteiger charge is -2.34. The molecule has 8 nitrogen and oxygen atoms in total. The fourth-order valence-corrected chi connectivity index (χ4v) is 5.24. The van der Waals surface area contributed by atoms with Gasteiger partial charge in [-0.05, 0) is 34.5 Å². The summed E-state index contributed by atoms with van der Waals surface area (Å²) in [6, 6.07) is 18.1. The number of carboxylic acids is 2. The van der Waals surface area contributed by atoms with E-state index in [1.54, 1.807) is 24.3 Å². The number of nitrogens with zero attached hydrogens (tertiary/aromatic N) is 2. The Morgan fingerprint density at radius 1 is 0.806 bits per heavy atom. The number of rotatable bonds is 4. The van der Waals surface area contributed by atoms with Crippen LogP contribution in [0.1, 0.15) is 11.1 Å². The normalized spacial score (nSPS) is 15.2. The Morgan fingerprint density at radius 2 is 1.36 bits per heavy atom. The highest BCUT2D eigenvalue weighted by Gasteiger charge is 2.34. The number of carboxylic acid groups (broad SMARTS) is 2. The van der Waals surface area contributed by atoms with Crippen LogP contribution in [-0.2, 0) is 32.3 Å². The molecule has 0 saturated carbocycles. The predicted octanol–water partition coefficient (Wildman–Crippen LogP) is 3.52. The smallest absolute Gasteiger partial charge is 0.416 e. The molecule has 3 aromatic rings. The monoisotopic (exact) mass is 524 g/mol. The summed E-state index contributed by atoms with van der Waals surface area (Å²) < 4.78 is 67.1. The molecule has 4 rings (SSSR count). The van der Waals surface area contributed by atoms with E-state index in [0.717, 1.165) is 16.8 Å². The maximum atomic E-state index is 13.2. The van der Waals surface area contributed by atoms with Crippen LogP contribution in [-0.4, -0.2) is 66.0 Å². The molecule has 2 N–H and O–H groups in total. The van der Waals surface area contributed by atoms with Crippen LogP contribution < -0.4 is 0 Å². The van der Waals surface area contributed by atoms with Gasteiger partial charge < -0.3 is 10.2 Å². The van der Waals surface area contributed by atoms with Crippen LogP contribution in [0.25, 0.3) is 10.8 Å². The lowest BCUT2D eigenvalue weighted by molar-refractivity contribution is -0.159. The van der Waals surface area contributed by atoms with Crippen molar-refractivity contribution >= 4 is 32.7 Å². The van der Waals surface area contributed by atoms with Gasteiger partial charge in [0.25, 0.3) is 0 Å². The van der Waals surface area contributed by atoms with Crippen molar-refractivity contribution < 1.29 is 41.4 Å². The van der Waals surface area contributed by atoms with Gasteiger partial charge in [-0.25, -0.2) is 18.0 Å². The molecule has 1 aliphatic heterocycles. The molecule has 0 aromatic heterocycles. The minimum absolute atomic E-state index is 0.138. The van der Waals surface area contributed by atoms with E-state index in [2.05, 4.69) is 0 Å². The molecule has 0 unspecified atom stereocenters. The first-order valence-electron chi connectivity index (χ1n) is 10.7. The zero-order valence-corrected chi connectivity index (χ0v) is 19.7. The zero-order valence-electron chi connectivity index (χ0n) is 18.9. The Morgan fingerprint density at radius 3 is 1.94 bits per heavy atom. The Bertz CT molecular complexity index is 1340. The molecule has 1 saturated heterocycles. The average Bonchev–Trinajstić information content (AvgIpc) is 2.84. The highest BCUT2D eigenvalue weighted by atomic mass is 32.2. The molecule has 36 heavy (non-hydrogen) atoms. The van der Waals surface area contributed by atoms with Crippen LogP contribution in [0.3, 0.4) is 0 Å². The zero-order chi connectivity index (χ0) is 26.5. The molecule has 12 heteroatoms. The Balaban J connectivity index is 0.000000538. The minimum Gasteiger partial charge on any atom is -0.473 e. The van der Waals surface area contributed by atoms with Gasteiger partial charge in [0, 0.05) is 32.7 Å². The summed E-state index contributed by atoms with van der Waals surface area (Å²) in [4.78, 5) is 20.3. The Hall–Kier alpha value is -3.48. The second kappa shape index (κ2) is 11.1. The summed E-state index contributed by atoms with van der Waals surface area (Å²) in [6.45, 7) is 1.37. The molecule has 0 aliphatic carbocycles. The van der Waals surface area contributed by atoms with Crippen LogP contribution in [0.2, 0.25) is 0 Å². The summed E-state index contributed by atoms with van der Waals surface area (Å²) >= 11 is 0. The number of hydrogen-bond acceptors (Lipinski definition) is 5. The van der Waals surface area contributed by atoms with Gasteiger partial charge >= 0.3 is 18.1 Å². The number of aliphatic carboxylic acids is 2. The van der Waals surface area contributed by atoms with E-state index in [1.165, 1.54) is 16.4 Å². The highest BCUT2D eigenvalue weighted by Crippen LogP contribution is 2.32. The van der Waals surface area contributed by atoms with Gasteiger partial charge in [0.15, 0.2) is 0 Å². The van der Waals surface area contributed by atoms with Crippen molar-refractivity contribution in [2.45, 2.75) is 17.6 Å². The number of halogens is 3. The lowest BCUT2D eigenvalue weighted by Crippen LogP contribution is -2.48. The van der Waals surface area contributed by atoms with Gasteiger partial charge in [-0.3, -0.25) is 4.90 Å². The molecule has 1 aliphatic rings. The largest absolute Gasteiger partial charge is 0.473 e. The Kier molecular flexibility index (Phi) is 8.33. The van der Waals surface area contributed by atoms with Gasteiger partial charge in [0.1, 0.15) is 0 Å². The van der Waals surface area contributed by atoms with E-state index >= 15 is 0 Å². The summed E-state index contributed by atoms with van der Waals surface area (Å²) in [6.07, 6.45) is -4.40. The van der Waals surface area contributed by atoms with E-state index in [0.29, 0.717) is 13.1 Å². The van der Waals surface area contributed by atoms with Crippen LogP contribution in [0.5, 0.6) is 0 Å². The van der Waals surface area contributed by atoms with Crippen LogP contribution in [0.15, 0.2) is 71.6 Å². The number of carbonyl (C=O) groups is 2. The number of sulfonamides is 1. The predicted molar refractivity (Wildman–Crippen MR) is 125 cm³/mol. The van der Waals surface area contributed by atoms with Gasteiger partial charge in [0.05, 0.1) is 10.5 Å². The Labute approximate surface area is 205 Å². The third kappa shape index (κ3) is 6.59. The van der Waals surface area contributed by atoms with Crippen molar-refractivity contribution in [2.75, 3.05) is 26.2 Å². The standard InChI is InChI=1S/C22H21F3N2O2S.C2H2O4/c23-22(24,25)21-8-4-3-7-19(21)16-26-11-13-27(14-12-26)30(28,29)20-10-9-17-5-1-2-6-18(17)15-20;3-1(4)2(5)6/h1-10,15H,11-14,16H2;(H,3,4)(H,5,6). The number of benzene rings is 3. The summed E-state index contributed by atoms with van der Waals surface area (Å²) in [5.74, 6) is -3.65. The van der Waals surface area contributed by atoms with Crippen molar-refractivity contribution in [3.63, 3.8) is 0 Å². The van der Waals surface area contributed by atoms with Crippen molar-refractivity contribution in [3.8, 4) is 0 Å². The second-order valence-electron chi connectivity index (χ2n) is 7.95. The molecule has 0 amide bonds. The number of piperazine rings is 1. The molecule has 1 fully saturated rings. The number of alkyl halides is 3. The van der Waals surface area contributed by atoms with Crippen molar-refractivity contribution in [1.29, 1.82) is 0 Å². The van der Waals surface area contributed by atoms with E-state index in [9.17, 15) is 21.6 Å². The molecule has 0 spiro atoms. The number of hydrogen-bond donors (Lipinski definition) is 2. The lowest BCUT2D eigenvalue weighted by atomic mass is 10.1. The third-order valence-electron chi connectivity index (χ3n) is 5.59. The first-order valence-corrected chi connectivity index (χ1v) is 12.2. The fourth-order valence-electron chi connectivity index (χ4n) is 3.78. The SMILES string of the molecule is O=C(O)C(=O)O.O=S(=O)(c1ccc2ccccc2c1)N1CCN(Cc2ccccc2C(F)(F)F)CC1. The molecule has 0 atom stereocenters. The molecule has 0 radical (unpaired) electrons. The van der Waals surface area contributed by atoms with Gasteiger partial charge in [-0.2, -0.15) is 17.5 Å². The number of fused-ring (bicyclic) bond motifs is 1. The molecular formula is C24H23F3N2O6S. The summed E-state index contributed by atoms with van der Waals surface area (Å²) in [5, 5.41) is 16.6. The van der Waals surface area contributed by atoms with Gasteiger partial charge in [-0.15, -0.1) is 0 Å². The molecular weight excluding hydrogens is 501 g/mol. The van der Waals surface area contributed by atoms with Crippen LogP contribution in [0, 0.1) is 0 Å². The third-order valence-corrected chi connectivity index (χ3v) is 7.48. The molecule has 192 valence electrons. The first-order chi connectivity index (χ1) is 16.9. The van der Waals surface area contributed by atoms with E-state index in [1.807, 2.05) is 29.2 Å². The maximum Gasteiger partial charge on any atom is 0.416 e. The summed E-state index contributed by atoms with van der Waals surface area (Å²) in [5.41, 5.74) is -0.438. The topological polar surface area (TPSA) is 115 Å². The van der Waals surface area contributed by atoms with E-state index in [-0.39, 0.29) is 30.1 Å². The van der Waals surface area contributed by atoms with E-state index in [4.69, 9.17) is 19.8 Å². The molecule has 3 aromatic carbocycles. The minimum atomic E-state index is -4.40. The summed E-state index contributed by atoms with van der Waals surface area (Å²) in [7, 11) is -3.65. The van der Waals surface area contributed by atoms with Gasteiger partial charge in [0.2, 0.25) is 10.0 Å². The van der Waals surface area contributed by atoms with E-state index < -0.39 is 33.7 Å².